The van der Waals surface area contributed by atoms with E-state index in [1.807, 2.05) is 6.92 Å². The highest BCUT2D eigenvalue weighted by Gasteiger charge is 1.94. The van der Waals surface area contributed by atoms with E-state index in [9.17, 15) is 4.79 Å². The number of carbonyl (C=O) groups is 1. The van der Waals surface area contributed by atoms with E-state index >= 15 is 0 Å². The maximum absolute atomic E-state index is 10.7. The van der Waals surface area contributed by atoms with Gasteiger partial charge in [-0.3, -0.25) is 4.79 Å². The van der Waals surface area contributed by atoms with Gasteiger partial charge in [-0.1, -0.05) is 12.7 Å². The van der Waals surface area contributed by atoms with Crippen molar-refractivity contribution in [1.82, 2.24) is 5.32 Å². The summed E-state index contributed by atoms with van der Waals surface area (Å²) in [7, 11) is 2.08. The van der Waals surface area contributed by atoms with Crippen LogP contribution in [0.25, 0.3) is 0 Å². The van der Waals surface area contributed by atoms with Gasteiger partial charge in [0.25, 0.3) is 0 Å². The first-order valence-electron chi connectivity index (χ1n) is 3.58. The van der Waals surface area contributed by atoms with Crippen LogP contribution >= 0.6 is 0 Å². The Kier molecular flexibility index (Phi) is 5.37. The maximum Gasteiger partial charge on any atom is 0.219 e. The Morgan fingerprint density at radius 3 is 2.78 bits per heavy atom. The van der Waals surface area contributed by atoms with Gasteiger partial charge in [-0.15, -0.1) is 0 Å². The van der Waals surface area contributed by atoms with Crippen molar-refractivity contribution in [3.8, 4) is 0 Å². The van der Waals surface area contributed by atoms with Crippen LogP contribution in [0.3, 0.4) is 0 Å². The molecule has 0 aliphatic rings. The second-order valence-electron chi connectivity index (χ2n) is 2.06. The predicted octanol–water partition coefficient (Wildman–Crippen LogP) is -0.0459. The Balaban J connectivity index is 3.06. The number of hydrogen-bond acceptors (Lipinski definition) is 1. The van der Waals surface area contributed by atoms with E-state index < -0.39 is 0 Å². The van der Waals surface area contributed by atoms with E-state index in [4.69, 9.17) is 0 Å². The molecule has 0 aromatic carbocycles. The molecule has 0 aliphatic carbocycles. The second kappa shape index (κ2) is 5.67. The molecule has 0 radical (unpaired) electrons. The first-order chi connectivity index (χ1) is 4.31. The third-order valence-corrected chi connectivity index (χ3v) is 1.13. The van der Waals surface area contributed by atoms with Crippen LogP contribution in [-0.4, -0.2) is 20.3 Å². The summed E-state index contributed by atoms with van der Waals surface area (Å²) in [5.74, 6) is 0.180. The molecule has 0 spiro atoms. The van der Waals surface area contributed by atoms with Crippen LogP contribution in [0.2, 0.25) is 6.32 Å². The molecule has 0 bridgehead atoms. The van der Waals surface area contributed by atoms with Crippen LogP contribution in [0, 0.1) is 0 Å². The minimum atomic E-state index is 0.180. The molecule has 0 rings (SSSR count). The second-order valence-corrected chi connectivity index (χ2v) is 2.06. The molecular weight excluding hydrogens is 113 g/mol. The van der Waals surface area contributed by atoms with Crippen molar-refractivity contribution in [2.24, 2.45) is 0 Å². The van der Waals surface area contributed by atoms with Gasteiger partial charge in [-0.25, -0.2) is 0 Å². The third kappa shape index (κ3) is 5.41. The first-order valence-corrected chi connectivity index (χ1v) is 3.58. The van der Waals surface area contributed by atoms with Gasteiger partial charge in [-0.05, 0) is 6.92 Å². The van der Waals surface area contributed by atoms with Crippen molar-refractivity contribution in [2.45, 2.75) is 26.1 Å². The van der Waals surface area contributed by atoms with Crippen LogP contribution in [0.4, 0.5) is 0 Å². The van der Waals surface area contributed by atoms with E-state index in [1.165, 1.54) is 0 Å². The molecule has 0 heterocycles. The number of hydrogen-bond donors (Lipinski definition) is 1. The lowest BCUT2D eigenvalue weighted by Crippen LogP contribution is -2.21. The monoisotopic (exact) mass is 127 g/mol. The molecule has 0 aliphatic heterocycles. The highest BCUT2D eigenvalue weighted by Crippen LogP contribution is 1.90. The topological polar surface area (TPSA) is 29.1 Å². The van der Waals surface area contributed by atoms with E-state index in [1.54, 1.807) is 0 Å². The van der Waals surface area contributed by atoms with Gasteiger partial charge < -0.3 is 5.32 Å². The highest BCUT2D eigenvalue weighted by molar-refractivity contribution is 6.08. The quantitative estimate of drug-likeness (QED) is 0.527. The molecule has 0 saturated carbocycles. The SMILES string of the molecule is BCCCC(=O)NCC. The number of amides is 1. The molecule has 2 nitrogen and oxygen atoms in total. The van der Waals surface area contributed by atoms with Crippen LogP contribution < -0.4 is 5.32 Å². The molecule has 1 N–H and O–H groups in total. The van der Waals surface area contributed by atoms with Gasteiger partial charge in [-0.2, -0.15) is 0 Å². The Morgan fingerprint density at radius 1 is 1.67 bits per heavy atom. The summed E-state index contributed by atoms with van der Waals surface area (Å²) in [4.78, 5) is 10.7. The normalized spacial score (nSPS) is 9.00. The zero-order chi connectivity index (χ0) is 7.11. The summed E-state index contributed by atoms with van der Waals surface area (Å²) in [6.45, 7) is 2.69. The van der Waals surface area contributed by atoms with Crippen molar-refractivity contribution in [1.29, 1.82) is 0 Å². The molecule has 3 heteroatoms. The van der Waals surface area contributed by atoms with Gasteiger partial charge in [0, 0.05) is 13.0 Å². The molecule has 0 aromatic rings. The van der Waals surface area contributed by atoms with Crippen molar-refractivity contribution in [3.63, 3.8) is 0 Å². The standard InChI is InChI=1S/C6H14BNO/c1-2-8-6(9)4-3-5-7/h2-5,7H2,1H3,(H,8,9). The lowest BCUT2D eigenvalue weighted by molar-refractivity contribution is -0.121. The lowest BCUT2D eigenvalue weighted by Gasteiger charge is -1.98. The van der Waals surface area contributed by atoms with Crippen LogP contribution in [-0.2, 0) is 4.79 Å². The molecule has 0 fully saturated rings. The van der Waals surface area contributed by atoms with Crippen LogP contribution in [0.1, 0.15) is 19.8 Å². The van der Waals surface area contributed by atoms with Crippen molar-refractivity contribution < 1.29 is 4.79 Å². The summed E-state index contributed by atoms with van der Waals surface area (Å²) in [5.41, 5.74) is 0. The molecule has 9 heavy (non-hydrogen) atoms. The largest absolute Gasteiger partial charge is 0.356 e. The van der Waals surface area contributed by atoms with Gasteiger partial charge >= 0.3 is 0 Å². The molecule has 0 aromatic heterocycles. The zero-order valence-corrected chi connectivity index (χ0v) is 6.24. The Morgan fingerprint density at radius 2 is 2.33 bits per heavy atom. The summed E-state index contributed by atoms with van der Waals surface area (Å²) < 4.78 is 0. The van der Waals surface area contributed by atoms with Gasteiger partial charge in [0.15, 0.2) is 0 Å². The minimum absolute atomic E-state index is 0.180. The lowest BCUT2D eigenvalue weighted by atomic mass is 10.0. The predicted molar refractivity (Wildman–Crippen MR) is 41.3 cm³/mol. The zero-order valence-electron chi connectivity index (χ0n) is 6.24. The highest BCUT2D eigenvalue weighted by atomic mass is 16.1. The van der Waals surface area contributed by atoms with Crippen LogP contribution in [0.15, 0.2) is 0 Å². The fraction of sp³-hybridized carbons (Fsp3) is 0.833. The molecule has 52 valence electrons. The Bertz CT molecular complexity index is 85.1. The fourth-order valence-corrected chi connectivity index (χ4v) is 0.623. The summed E-state index contributed by atoms with van der Waals surface area (Å²) in [5, 5.41) is 2.74. The summed E-state index contributed by atoms with van der Waals surface area (Å²) in [6.07, 6.45) is 2.79. The van der Waals surface area contributed by atoms with Crippen molar-refractivity contribution in [2.75, 3.05) is 6.54 Å². The minimum Gasteiger partial charge on any atom is -0.356 e. The van der Waals surface area contributed by atoms with E-state index in [-0.39, 0.29) is 5.91 Å². The van der Waals surface area contributed by atoms with E-state index in [2.05, 4.69) is 13.2 Å². The smallest absolute Gasteiger partial charge is 0.219 e. The average Bonchev–Trinajstić information content (AvgIpc) is 1.85. The summed E-state index contributed by atoms with van der Waals surface area (Å²) in [6, 6.07) is 0. The number of carbonyl (C=O) groups excluding carboxylic acids is 1. The van der Waals surface area contributed by atoms with E-state index in [0.29, 0.717) is 6.42 Å². The van der Waals surface area contributed by atoms with Crippen molar-refractivity contribution in [3.05, 3.63) is 0 Å². The molecule has 1 amide bonds. The van der Waals surface area contributed by atoms with Crippen LogP contribution in [0.5, 0.6) is 0 Å². The van der Waals surface area contributed by atoms with Gasteiger partial charge in [0.1, 0.15) is 7.85 Å². The summed E-state index contributed by atoms with van der Waals surface area (Å²) >= 11 is 0. The first kappa shape index (κ1) is 8.53. The fourth-order valence-electron chi connectivity index (χ4n) is 0.623. The molecule has 0 atom stereocenters. The Labute approximate surface area is 57.4 Å². The molecular formula is C6H14BNO. The molecule has 0 unspecified atom stereocenters. The number of rotatable bonds is 4. The van der Waals surface area contributed by atoms with Gasteiger partial charge in [0.2, 0.25) is 5.91 Å². The van der Waals surface area contributed by atoms with E-state index in [0.717, 1.165) is 19.3 Å². The Hall–Kier alpha value is -0.465. The number of nitrogens with one attached hydrogen (secondary N) is 1. The third-order valence-electron chi connectivity index (χ3n) is 1.13. The molecule has 0 saturated heterocycles. The van der Waals surface area contributed by atoms with Crippen molar-refractivity contribution >= 4 is 13.8 Å². The van der Waals surface area contributed by atoms with Gasteiger partial charge in [0.05, 0.1) is 0 Å². The average molecular weight is 127 g/mol. The maximum atomic E-state index is 10.7.